The molecule has 3 rings (SSSR count). The standard InChI is InChI=1S/C21H23N3O3S/c22-13-4-14-23-28(26,27)20-9-7-19(8-10-20)21(25)24-15-11-18(12-16-24)17-5-2-1-3-6-17/h1-3,5-10,18,23H,4,11-12,14-16H2. The smallest absolute Gasteiger partial charge is 0.253 e. The first-order valence-corrected chi connectivity index (χ1v) is 10.8. The van der Waals surface area contributed by atoms with Crippen LogP contribution in [-0.4, -0.2) is 38.9 Å². The van der Waals surface area contributed by atoms with E-state index in [1.54, 1.807) is 12.1 Å². The summed E-state index contributed by atoms with van der Waals surface area (Å²) in [5, 5.41) is 8.51. The van der Waals surface area contributed by atoms with Gasteiger partial charge in [0.2, 0.25) is 10.0 Å². The molecule has 7 heteroatoms. The van der Waals surface area contributed by atoms with Crippen LogP contribution < -0.4 is 4.72 Å². The van der Waals surface area contributed by atoms with E-state index in [2.05, 4.69) is 16.9 Å². The molecular formula is C21H23N3O3S. The van der Waals surface area contributed by atoms with Crippen molar-refractivity contribution in [1.82, 2.24) is 9.62 Å². The molecule has 1 heterocycles. The van der Waals surface area contributed by atoms with E-state index in [9.17, 15) is 13.2 Å². The van der Waals surface area contributed by atoms with E-state index in [4.69, 9.17) is 5.26 Å². The van der Waals surface area contributed by atoms with Crippen molar-refractivity contribution in [3.63, 3.8) is 0 Å². The second kappa shape index (κ2) is 9.00. The van der Waals surface area contributed by atoms with Gasteiger partial charge in [0, 0.05) is 31.6 Å². The number of rotatable bonds is 6. The second-order valence-corrected chi connectivity index (χ2v) is 8.57. The number of carbonyl (C=O) groups excluding carboxylic acids is 1. The molecule has 6 nitrogen and oxygen atoms in total. The summed E-state index contributed by atoms with van der Waals surface area (Å²) in [4.78, 5) is 14.7. The molecule has 146 valence electrons. The molecule has 1 aliphatic rings. The maximum Gasteiger partial charge on any atom is 0.253 e. The first-order chi connectivity index (χ1) is 13.5. The lowest BCUT2D eigenvalue weighted by atomic mass is 9.89. The highest BCUT2D eigenvalue weighted by atomic mass is 32.2. The minimum Gasteiger partial charge on any atom is -0.339 e. The largest absolute Gasteiger partial charge is 0.339 e. The number of likely N-dealkylation sites (tertiary alicyclic amines) is 1. The lowest BCUT2D eigenvalue weighted by Crippen LogP contribution is -2.37. The van der Waals surface area contributed by atoms with Gasteiger partial charge in [0.1, 0.15) is 0 Å². The maximum absolute atomic E-state index is 12.7. The van der Waals surface area contributed by atoms with Gasteiger partial charge >= 0.3 is 0 Å². The van der Waals surface area contributed by atoms with E-state index in [1.165, 1.54) is 17.7 Å². The number of nitrogens with one attached hydrogen (secondary N) is 1. The molecule has 0 unspecified atom stereocenters. The lowest BCUT2D eigenvalue weighted by Gasteiger charge is -2.32. The molecule has 0 spiro atoms. The topological polar surface area (TPSA) is 90.3 Å². The van der Waals surface area contributed by atoms with Gasteiger partial charge in [-0.2, -0.15) is 5.26 Å². The SMILES string of the molecule is N#CCCNS(=O)(=O)c1ccc(C(=O)N2CCC(c3ccccc3)CC2)cc1. The van der Waals surface area contributed by atoms with E-state index in [-0.39, 0.29) is 23.8 Å². The van der Waals surface area contributed by atoms with Crippen molar-refractivity contribution in [2.45, 2.75) is 30.1 Å². The summed E-state index contributed by atoms with van der Waals surface area (Å²) in [6.07, 6.45) is 1.95. The number of amides is 1. The van der Waals surface area contributed by atoms with Gasteiger partial charge in [-0.25, -0.2) is 13.1 Å². The minimum absolute atomic E-state index is 0.0654. The lowest BCUT2D eigenvalue weighted by molar-refractivity contribution is 0.0713. The highest BCUT2D eigenvalue weighted by molar-refractivity contribution is 7.89. The van der Waals surface area contributed by atoms with Crippen molar-refractivity contribution < 1.29 is 13.2 Å². The first-order valence-electron chi connectivity index (χ1n) is 9.32. The fourth-order valence-electron chi connectivity index (χ4n) is 3.42. The highest BCUT2D eigenvalue weighted by Gasteiger charge is 2.24. The van der Waals surface area contributed by atoms with Crippen molar-refractivity contribution >= 4 is 15.9 Å². The van der Waals surface area contributed by atoms with Crippen LogP contribution in [0.5, 0.6) is 0 Å². The summed E-state index contributed by atoms with van der Waals surface area (Å²) < 4.78 is 26.7. The number of nitriles is 1. The first kappa shape index (κ1) is 20.1. The molecule has 1 fully saturated rings. The molecule has 0 aromatic heterocycles. The van der Waals surface area contributed by atoms with Crippen molar-refractivity contribution in [2.24, 2.45) is 0 Å². The predicted molar refractivity (Wildman–Crippen MR) is 106 cm³/mol. The van der Waals surface area contributed by atoms with Crippen molar-refractivity contribution in [1.29, 1.82) is 5.26 Å². The normalized spacial score (nSPS) is 15.2. The van der Waals surface area contributed by atoms with Crippen LogP contribution in [-0.2, 0) is 10.0 Å². The van der Waals surface area contributed by atoms with Gasteiger partial charge in [-0.15, -0.1) is 0 Å². The zero-order chi connectivity index (χ0) is 20.0. The molecule has 1 amide bonds. The number of hydrogen-bond acceptors (Lipinski definition) is 4. The van der Waals surface area contributed by atoms with Crippen LogP contribution in [0.4, 0.5) is 0 Å². The van der Waals surface area contributed by atoms with Crippen molar-refractivity contribution in [2.75, 3.05) is 19.6 Å². The molecule has 0 aliphatic carbocycles. The zero-order valence-electron chi connectivity index (χ0n) is 15.5. The third-order valence-corrected chi connectivity index (χ3v) is 6.47. The summed E-state index contributed by atoms with van der Waals surface area (Å²) in [6, 6.07) is 18.2. The second-order valence-electron chi connectivity index (χ2n) is 6.81. The van der Waals surface area contributed by atoms with Gasteiger partial charge in [-0.3, -0.25) is 4.79 Å². The molecule has 0 radical (unpaired) electrons. The number of hydrogen-bond donors (Lipinski definition) is 1. The van der Waals surface area contributed by atoms with Crippen LogP contribution in [0.1, 0.15) is 41.1 Å². The molecule has 2 aromatic rings. The quantitative estimate of drug-likeness (QED) is 0.759. The van der Waals surface area contributed by atoms with Crippen LogP contribution in [0, 0.1) is 11.3 Å². The van der Waals surface area contributed by atoms with Gasteiger partial charge in [-0.05, 0) is 48.6 Å². The summed E-state index contributed by atoms with van der Waals surface area (Å²) in [5.74, 6) is 0.394. The van der Waals surface area contributed by atoms with Crippen molar-refractivity contribution in [3.8, 4) is 6.07 Å². The van der Waals surface area contributed by atoms with Gasteiger partial charge in [0.05, 0.1) is 11.0 Å². The molecular weight excluding hydrogens is 374 g/mol. The van der Waals surface area contributed by atoms with Crippen LogP contribution >= 0.6 is 0 Å². The number of nitrogens with zero attached hydrogens (tertiary/aromatic N) is 2. The Morgan fingerprint density at radius 1 is 1.07 bits per heavy atom. The molecule has 0 bridgehead atoms. The average molecular weight is 398 g/mol. The summed E-state index contributed by atoms with van der Waals surface area (Å²) in [6.45, 7) is 1.44. The zero-order valence-corrected chi connectivity index (χ0v) is 16.4. The van der Waals surface area contributed by atoms with E-state index < -0.39 is 10.0 Å². The third kappa shape index (κ3) is 4.77. The molecule has 0 saturated carbocycles. The van der Waals surface area contributed by atoms with E-state index in [1.807, 2.05) is 29.2 Å². The van der Waals surface area contributed by atoms with Gasteiger partial charge in [0.25, 0.3) is 5.91 Å². The fourth-order valence-corrected chi connectivity index (χ4v) is 4.46. The Hall–Kier alpha value is -2.69. The Kier molecular flexibility index (Phi) is 6.45. The summed E-state index contributed by atoms with van der Waals surface area (Å²) >= 11 is 0. The van der Waals surface area contributed by atoms with Crippen molar-refractivity contribution in [3.05, 3.63) is 65.7 Å². The van der Waals surface area contributed by atoms with E-state index in [0.717, 1.165) is 12.8 Å². The molecule has 28 heavy (non-hydrogen) atoms. The third-order valence-electron chi connectivity index (χ3n) is 4.99. The van der Waals surface area contributed by atoms with Gasteiger partial charge in [0.15, 0.2) is 0 Å². The molecule has 1 saturated heterocycles. The van der Waals surface area contributed by atoms with Gasteiger partial charge < -0.3 is 4.90 Å². The average Bonchev–Trinajstić information content (AvgIpc) is 2.74. The highest BCUT2D eigenvalue weighted by Crippen LogP contribution is 2.28. The van der Waals surface area contributed by atoms with Crippen LogP contribution in [0.3, 0.4) is 0 Å². The monoisotopic (exact) mass is 397 g/mol. The van der Waals surface area contributed by atoms with Crippen LogP contribution in [0.15, 0.2) is 59.5 Å². The predicted octanol–water partition coefficient (Wildman–Crippen LogP) is 2.90. The number of piperidine rings is 1. The number of carbonyl (C=O) groups is 1. The molecule has 1 N–H and O–H groups in total. The molecule has 0 atom stereocenters. The molecule has 2 aromatic carbocycles. The maximum atomic E-state index is 12.7. The van der Waals surface area contributed by atoms with E-state index >= 15 is 0 Å². The van der Waals surface area contributed by atoms with Crippen LogP contribution in [0.25, 0.3) is 0 Å². The Bertz CT molecular complexity index is 943. The Morgan fingerprint density at radius 3 is 2.32 bits per heavy atom. The minimum atomic E-state index is -3.66. The number of benzene rings is 2. The van der Waals surface area contributed by atoms with Gasteiger partial charge in [-0.1, -0.05) is 30.3 Å². The Morgan fingerprint density at radius 2 is 1.71 bits per heavy atom. The summed E-state index contributed by atoms with van der Waals surface area (Å²) in [5.41, 5.74) is 1.79. The fraction of sp³-hybridized carbons (Fsp3) is 0.333. The van der Waals surface area contributed by atoms with E-state index in [0.29, 0.717) is 24.6 Å². The Labute approximate surface area is 165 Å². The number of sulfonamides is 1. The molecule has 1 aliphatic heterocycles. The van der Waals surface area contributed by atoms with Crippen LogP contribution in [0.2, 0.25) is 0 Å². The Balaban J connectivity index is 1.60. The summed E-state index contributed by atoms with van der Waals surface area (Å²) in [7, 11) is -3.66.